The molecule has 2 aromatic carbocycles. The van der Waals surface area contributed by atoms with E-state index >= 15 is 0 Å². The molecule has 7 nitrogen and oxygen atoms in total. The van der Waals surface area contributed by atoms with E-state index in [1.165, 1.54) is 5.56 Å². The largest absolute Gasteiger partial charge is 0.493 e. The number of anilines is 1. The number of methoxy groups -OCH3 is 2. The topological polar surface area (TPSA) is 77.1 Å². The number of nitrogens with one attached hydrogen (secondary N) is 1. The fourth-order valence-electron chi connectivity index (χ4n) is 3.41. The lowest BCUT2D eigenvalue weighted by Crippen LogP contribution is -2.39. The monoisotopic (exact) mass is 412 g/mol. The third-order valence-electron chi connectivity index (χ3n) is 5.09. The van der Waals surface area contributed by atoms with Gasteiger partial charge in [-0.1, -0.05) is 26.0 Å². The van der Waals surface area contributed by atoms with Gasteiger partial charge in [0.1, 0.15) is 5.75 Å². The van der Waals surface area contributed by atoms with Gasteiger partial charge in [0.2, 0.25) is 5.91 Å². The lowest BCUT2D eigenvalue weighted by atomic mass is 10.0. The van der Waals surface area contributed by atoms with Crippen LogP contribution in [0.25, 0.3) is 0 Å². The average Bonchev–Trinajstić information content (AvgIpc) is 3.11. The number of rotatable bonds is 8. The van der Waals surface area contributed by atoms with Crippen molar-refractivity contribution in [2.24, 2.45) is 0 Å². The van der Waals surface area contributed by atoms with Crippen LogP contribution >= 0.6 is 0 Å². The minimum Gasteiger partial charge on any atom is -0.493 e. The molecule has 30 heavy (non-hydrogen) atoms. The van der Waals surface area contributed by atoms with E-state index in [2.05, 4.69) is 19.2 Å². The van der Waals surface area contributed by atoms with Crippen LogP contribution in [0.5, 0.6) is 17.2 Å². The molecule has 1 atom stereocenters. The molecular weight excluding hydrogens is 384 g/mol. The van der Waals surface area contributed by atoms with Crippen LogP contribution in [0.4, 0.5) is 5.69 Å². The fraction of sp³-hybridized carbons (Fsp3) is 0.391. The smallest absolute Gasteiger partial charge is 0.258 e. The van der Waals surface area contributed by atoms with Crippen LogP contribution in [0.1, 0.15) is 31.7 Å². The standard InChI is InChI=1S/C23H28N2O5/c1-15(2)16-5-8-19(9-6-16)30-14-22(26)24-17-11-23(27)25(13-17)18-7-10-20(28-3)21(12-18)29-4/h5-10,12,15,17H,11,13-14H2,1-4H3,(H,24,26)/t17-/m1/s1. The van der Waals surface area contributed by atoms with E-state index in [9.17, 15) is 9.59 Å². The number of ether oxygens (including phenoxy) is 3. The Hall–Kier alpha value is -3.22. The SMILES string of the molecule is COc1ccc(N2C[C@H](NC(=O)COc3ccc(C(C)C)cc3)CC2=O)cc1OC. The molecule has 0 aromatic heterocycles. The Balaban J connectivity index is 1.54. The van der Waals surface area contributed by atoms with E-state index in [0.29, 0.717) is 35.4 Å². The van der Waals surface area contributed by atoms with Crippen molar-refractivity contribution in [3.05, 3.63) is 48.0 Å². The maximum Gasteiger partial charge on any atom is 0.258 e. The summed E-state index contributed by atoms with van der Waals surface area (Å²) in [6.07, 6.45) is 0.239. The number of carbonyl (C=O) groups excluding carboxylic acids is 2. The van der Waals surface area contributed by atoms with E-state index < -0.39 is 0 Å². The number of hydrogen-bond donors (Lipinski definition) is 1. The Kier molecular flexibility index (Phi) is 6.82. The average molecular weight is 412 g/mol. The minimum atomic E-state index is -0.273. The normalized spacial score (nSPS) is 16.0. The highest BCUT2D eigenvalue weighted by molar-refractivity contribution is 5.97. The summed E-state index contributed by atoms with van der Waals surface area (Å²) < 4.78 is 16.1. The lowest BCUT2D eigenvalue weighted by Gasteiger charge is -2.19. The zero-order valence-electron chi connectivity index (χ0n) is 17.8. The van der Waals surface area contributed by atoms with Gasteiger partial charge < -0.3 is 24.4 Å². The summed E-state index contributed by atoms with van der Waals surface area (Å²) in [5.41, 5.74) is 1.92. The molecule has 1 aliphatic rings. The molecule has 3 rings (SSSR count). The summed E-state index contributed by atoms with van der Waals surface area (Å²) in [5.74, 6) is 1.91. The van der Waals surface area contributed by atoms with Crippen molar-refractivity contribution in [2.45, 2.75) is 32.2 Å². The summed E-state index contributed by atoms with van der Waals surface area (Å²) in [4.78, 5) is 26.4. The molecule has 0 radical (unpaired) electrons. The fourth-order valence-corrected chi connectivity index (χ4v) is 3.41. The van der Waals surface area contributed by atoms with Gasteiger partial charge in [-0.3, -0.25) is 9.59 Å². The Bertz CT molecular complexity index is 895. The van der Waals surface area contributed by atoms with Gasteiger partial charge in [-0.05, 0) is 35.7 Å². The first-order valence-corrected chi connectivity index (χ1v) is 9.95. The highest BCUT2D eigenvalue weighted by Crippen LogP contribution is 2.33. The number of hydrogen-bond acceptors (Lipinski definition) is 5. The van der Waals surface area contributed by atoms with Crippen molar-refractivity contribution in [1.29, 1.82) is 0 Å². The molecule has 0 spiro atoms. The quantitative estimate of drug-likeness (QED) is 0.721. The van der Waals surface area contributed by atoms with E-state index in [-0.39, 0.29) is 30.9 Å². The van der Waals surface area contributed by atoms with Crippen molar-refractivity contribution in [3.63, 3.8) is 0 Å². The molecule has 1 fully saturated rings. The predicted molar refractivity (Wildman–Crippen MR) is 114 cm³/mol. The van der Waals surface area contributed by atoms with E-state index in [1.807, 2.05) is 24.3 Å². The second kappa shape index (κ2) is 9.52. The molecule has 1 heterocycles. The summed E-state index contributed by atoms with van der Waals surface area (Å²) in [6.45, 7) is 4.54. The molecule has 0 saturated carbocycles. The maximum absolute atomic E-state index is 12.5. The van der Waals surface area contributed by atoms with Crippen molar-refractivity contribution < 1.29 is 23.8 Å². The van der Waals surface area contributed by atoms with Crippen LogP contribution < -0.4 is 24.4 Å². The Morgan fingerprint density at radius 2 is 1.80 bits per heavy atom. The van der Waals surface area contributed by atoms with Gasteiger partial charge in [0.25, 0.3) is 5.91 Å². The zero-order chi connectivity index (χ0) is 21.7. The number of carbonyl (C=O) groups is 2. The summed E-state index contributed by atoms with van der Waals surface area (Å²) in [5, 5.41) is 2.88. The molecule has 1 saturated heterocycles. The molecule has 1 N–H and O–H groups in total. The highest BCUT2D eigenvalue weighted by Gasteiger charge is 2.32. The van der Waals surface area contributed by atoms with Crippen LogP contribution in [0, 0.1) is 0 Å². The molecular formula is C23H28N2O5. The van der Waals surface area contributed by atoms with Crippen molar-refractivity contribution in [3.8, 4) is 17.2 Å². The van der Waals surface area contributed by atoms with Gasteiger partial charge in [-0.15, -0.1) is 0 Å². The van der Waals surface area contributed by atoms with Crippen molar-refractivity contribution in [2.75, 3.05) is 32.3 Å². The lowest BCUT2D eigenvalue weighted by molar-refractivity contribution is -0.123. The van der Waals surface area contributed by atoms with Crippen LogP contribution in [0.2, 0.25) is 0 Å². The van der Waals surface area contributed by atoms with Gasteiger partial charge in [0.15, 0.2) is 18.1 Å². The van der Waals surface area contributed by atoms with Gasteiger partial charge in [-0.2, -0.15) is 0 Å². The van der Waals surface area contributed by atoms with Gasteiger partial charge in [0.05, 0.1) is 20.3 Å². The highest BCUT2D eigenvalue weighted by atomic mass is 16.5. The Morgan fingerprint density at radius 3 is 2.43 bits per heavy atom. The molecule has 0 bridgehead atoms. The zero-order valence-corrected chi connectivity index (χ0v) is 17.8. The first-order valence-electron chi connectivity index (χ1n) is 9.95. The third-order valence-corrected chi connectivity index (χ3v) is 5.09. The Labute approximate surface area is 176 Å². The Morgan fingerprint density at radius 1 is 1.10 bits per heavy atom. The van der Waals surface area contributed by atoms with Gasteiger partial charge >= 0.3 is 0 Å². The first-order chi connectivity index (χ1) is 14.4. The third kappa shape index (κ3) is 5.03. The van der Waals surface area contributed by atoms with Crippen LogP contribution in [0.3, 0.4) is 0 Å². The second-order valence-corrected chi connectivity index (χ2v) is 7.52. The summed E-state index contributed by atoms with van der Waals surface area (Å²) in [6, 6.07) is 12.7. The van der Waals surface area contributed by atoms with Crippen molar-refractivity contribution in [1.82, 2.24) is 5.32 Å². The molecule has 0 unspecified atom stereocenters. The molecule has 0 aliphatic carbocycles. The summed E-state index contributed by atoms with van der Waals surface area (Å²) >= 11 is 0. The molecule has 2 amide bonds. The van der Waals surface area contributed by atoms with E-state index in [0.717, 1.165) is 0 Å². The van der Waals surface area contributed by atoms with Gasteiger partial charge in [-0.25, -0.2) is 0 Å². The number of nitrogens with zero attached hydrogens (tertiary/aromatic N) is 1. The predicted octanol–water partition coefficient (Wildman–Crippen LogP) is 3.13. The van der Waals surface area contributed by atoms with Crippen LogP contribution in [-0.4, -0.2) is 45.2 Å². The first kappa shape index (κ1) is 21.5. The maximum atomic E-state index is 12.5. The minimum absolute atomic E-state index is 0.0577. The summed E-state index contributed by atoms with van der Waals surface area (Å²) in [7, 11) is 3.11. The molecule has 7 heteroatoms. The van der Waals surface area contributed by atoms with E-state index in [4.69, 9.17) is 14.2 Å². The van der Waals surface area contributed by atoms with Gasteiger partial charge in [0, 0.05) is 24.7 Å². The molecule has 1 aliphatic heterocycles. The van der Waals surface area contributed by atoms with E-state index in [1.54, 1.807) is 37.3 Å². The van der Waals surface area contributed by atoms with Crippen LogP contribution in [0.15, 0.2) is 42.5 Å². The second-order valence-electron chi connectivity index (χ2n) is 7.52. The number of benzene rings is 2. The number of amides is 2. The molecule has 160 valence electrons. The van der Waals surface area contributed by atoms with Crippen molar-refractivity contribution >= 4 is 17.5 Å². The van der Waals surface area contributed by atoms with Crippen LogP contribution in [-0.2, 0) is 9.59 Å². The molecule has 2 aromatic rings.